The van der Waals surface area contributed by atoms with Crippen LogP contribution < -0.4 is 0 Å². The maximum absolute atomic E-state index is 6.39. The molecule has 0 amide bonds. The van der Waals surface area contributed by atoms with Crippen molar-refractivity contribution < 1.29 is 8.83 Å². The van der Waals surface area contributed by atoms with Crippen molar-refractivity contribution >= 4 is 43.9 Å². The standard InChI is InChI=1S/C45H27N3O2/c1-3-10-30(11-4-1)43-46-44(31-12-5-2-6-13-31)48-45(47-43)35-15-9-17-41-42(35)37-27-33(23-25-40(37)50-41)29-20-18-28(19-21-29)32-22-24-39-36(26-32)34-14-7-8-16-38(34)49-39/h1-27H. The van der Waals surface area contributed by atoms with E-state index in [0.717, 1.165) is 82.8 Å². The fourth-order valence-corrected chi connectivity index (χ4v) is 6.88. The van der Waals surface area contributed by atoms with Gasteiger partial charge in [-0.3, -0.25) is 0 Å². The molecule has 3 aromatic heterocycles. The quantitative estimate of drug-likeness (QED) is 0.187. The predicted octanol–water partition coefficient (Wildman–Crippen LogP) is 12.0. The maximum atomic E-state index is 6.39. The maximum Gasteiger partial charge on any atom is 0.164 e. The van der Waals surface area contributed by atoms with Crippen molar-refractivity contribution in [2.75, 3.05) is 0 Å². The Labute approximate surface area is 287 Å². The Morgan fingerprint density at radius 3 is 1.44 bits per heavy atom. The summed E-state index contributed by atoms with van der Waals surface area (Å²) < 4.78 is 12.4. The third-order valence-corrected chi connectivity index (χ3v) is 9.36. The van der Waals surface area contributed by atoms with Crippen LogP contribution in [0.25, 0.3) is 100 Å². The Balaban J connectivity index is 1.07. The minimum Gasteiger partial charge on any atom is -0.456 e. The van der Waals surface area contributed by atoms with Gasteiger partial charge in [0.2, 0.25) is 0 Å². The van der Waals surface area contributed by atoms with Crippen LogP contribution in [-0.2, 0) is 0 Å². The van der Waals surface area contributed by atoms with E-state index in [2.05, 4.69) is 78.9 Å². The van der Waals surface area contributed by atoms with Crippen LogP contribution in [0.5, 0.6) is 0 Å². The fraction of sp³-hybridized carbons (Fsp3) is 0. The topological polar surface area (TPSA) is 65.0 Å². The third kappa shape index (κ3) is 4.75. The Hall–Kier alpha value is -6.85. The zero-order chi connectivity index (χ0) is 33.0. The molecule has 0 N–H and O–H groups in total. The summed E-state index contributed by atoms with van der Waals surface area (Å²) in [4.78, 5) is 14.9. The van der Waals surface area contributed by atoms with E-state index in [9.17, 15) is 0 Å². The average molecular weight is 642 g/mol. The molecule has 234 valence electrons. The molecule has 0 atom stereocenters. The van der Waals surface area contributed by atoms with Crippen LogP contribution in [0.3, 0.4) is 0 Å². The molecule has 5 heteroatoms. The second-order valence-corrected chi connectivity index (χ2v) is 12.4. The molecule has 0 radical (unpaired) electrons. The first kappa shape index (κ1) is 28.2. The molecule has 0 aliphatic heterocycles. The Morgan fingerprint density at radius 1 is 0.300 bits per heavy atom. The van der Waals surface area contributed by atoms with Crippen LogP contribution in [0, 0.1) is 0 Å². The van der Waals surface area contributed by atoms with E-state index in [4.69, 9.17) is 23.8 Å². The molecule has 0 unspecified atom stereocenters. The molecule has 10 aromatic rings. The number of nitrogens with zero attached hydrogens (tertiary/aromatic N) is 3. The molecular weight excluding hydrogens is 615 g/mol. The fourth-order valence-electron chi connectivity index (χ4n) is 6.88. The first-order valence-electron chi connectivity index (χ1n) is 16.6. The van der Waals surface area contributed by atoms with E-state index < -0.39 is 0 Å². The zero-order valence-corrected chi connectivity index (χ0v) is 26.7. The molecule has 0 aliphatic carbocycles. The highest BCUT2D eigenvalue weighted by atomic mass is 16.3. The first-order chi connectivity index (χ1) is 24.7. The molecular formula is C45H27N3O2. The van der Waals surface area contributed by atoms with Gasteiger partial charge in [0.15, 0.2) is 17.5 Å². The third-order valence-electron chi connectivity index (χ3n) is 9.36. The van der Waals surface area contributed by atoms with Crippen LogP contribution in [-0.4, -0.2) is 15.0 Å². The van der Waals surface area contributed by atoms with E-state index in [1.165, 1.54) is 0 Å². The number of rotatable bonds is 5. The minimum absolute atomic E-state index is 0.600. The molecule has 7 aromatic carbocycles. The zero-order valence-electron chi connectivity index (χ0n) is 26.7. The second-order valence-electron chi connectivity index (χ2n) is 12.4. The van der Waals surface area contributed by atoms with Crippen molar-refractivity contribution in [2.45, 2.75) is 0 Å². The van der Waals surface area contributed by atoms with E-state index in [1.807, 2.05) is 84.9 Å². The molecule has 10 rings (SSSR count). The van der Waals surface area contributed by atoms with Crippen molar-refractivity contribution in [1.82, 2.24) is 15.0 Å². The summed E-state index contributed by atoms with van der Waals surface area (Å²) in [5, 5.41) is 4.24. The number of furan rings is 2. The number of fused-ring (bicyclic) bond motifs is 6. The van der Waals surface area contributed by atoms with Gasteiger partial charge in [-0.25, -0.2) is 15.0 Å². The van der Waals surface area contributed by atoms with Crippen molar-refractivity contribution in [2.24, 2.45) is 0 Å². The van der Waals surface area contributed by atoms with Crippen molar-refractivity contribution in [3.63, 3.8) is 0 Å². The van der Waals surface area contributed by atoms with Crippen LogP contribution in [0.2, 0.25) is 0 Å². The monoisotopic (exact) mass is 641 g/mol. The van der Waals surface area contributed by atoms with E-state index in [-0.39, 0.29) is 0 Å². The molecule has 3 heterocycles. The molecule has 0 saturated carbocycles. The summed E-state index contributed by atoms with van der Waals surface area (Å²) in [6.07, 6.45) is 0. The molecule has 0 bridgehead atoms. The summed E-state index contributed by atoms with van der Waals surface area (Å²) in [6, 6.07) is 55.9. The molecule has 0 aliphatic rings. The van der Waals surface area contributed by atoms with Crippen LogP contribution in [0.1, 0.15) is 0 Å². The van der Waals surface area contributed by atoms with Gasteiger partial charge < -0.3 is 8.83 Å². The Kier molecular flexibility index (Phi) is 6.42. The van der Waals surface area contributed by atoms with Crippen LogP contribution in [0.15, 0.2) is 173 Å². The highest BCUT2D eigenvalue weighted by molar-refractivity contribution is 6.13. The van der Waals surface area contributed by atoms with Gasteiger partial charge >= 0.3 is 0 Å². The average Bonchev–Trinajstić information content (AvgIpc) is 3.76. The second kappa shape index (κ2) is 11.4. The molecule has 0 spiro atoms. The summed E-state index contributed by atoms with van der Waals surface area (Å²) in [5.74, 6) is 1.85. The molecule has 0 fully saturated rings. The van der Waals surface area contributed by atoms with Crippen LogP contribution >= 0.6 is 0 Å². The number of hydrogen-bond donors (Lipinski definition) is 0. The first-order valence-corrected chi connectivity index (χ1v) is 16.6. The normalized spacial score (nSPS) is 11.6. The van der Waals surface area contributed by atoms with Gasteiger partial charge in [0, 0.05) is 38.2 Å². The van der Waals surface area contributed by atoms with Gasteiger partial charge in [-0.05, 0) is 58.7 Å². The highest BCUT2D eigenvalue weighted by Gasteiger charge is 2.18. The lowest BCUT2D eigenvalue weighted by molar-refractivity contribution is 0.668. The smallest absolute Gasteiger partial charge is 0.164 e. The van der Waals surface area contributed by atoms with Gasteiger partial charge in [0.1, 0.15) is 22.3 Å². The van der Waals surface area contributed by atoms with Gasteiger partial charge in [-0.15, -0.1) is 0 Å². The van der Waals surface area contributed by atoms with E-state index in [1.54, 1.807) is 0 Å². The lowest BCUT2D eigenvalue weighted by Crippen LogP contribution is -2.00. The Bertz CT molecular complexity index is 2800. The number of benzene rings is 7. The van der Waals surface area contributed by atoms with E-state index >= 15 is 0 Å². The van der Waals surface area contributed by atoms with Crippen LogP contribution in [0.4, 0.5) is 0 Å². The summed E-state index contributed by atoms with van der Waals surface area (Å²) in [5.41, 5.74) is 10.7. The summed E-state index contributed by atoms with van der Waals surface area (Å²) >= 11 is 0. The highest BCUT2D eigenvalue weighted by Crippen LogP contribution is 2.39. The Morgan fingerprint density at radius 2 is 0.780 bits per heavy atom. The predicted molar refractivity (Wildman–Crippen MR) is 202 cm³/mol. The van der Waals surface area contributed by atoms with Crippen molar-refractivity contribution in [3.05, 3.63) is 164 Å². The van der Waals surface area contributed by atoms with Gasteiger partial charge in [-0.1, -0.05) is 127 Å². The molecule has 5 nitrogen and oxygen atoms in total. The molecule has 0 saturated heterocycles. The minimum atomic E-state index is 0.600. The van der Waals surface area contributed by atoms with Crippen molar-refractivity contribution in [3.8, 4) is 56.4 Å². The molecule has 50 heavy (non-hydrogen) atoms. The lowest BCUT2D eigenvalue weighted by atomic mass is 9.97. The van der Waals surface area contributed by atoms with E-state index in [0.29, 0.717) is 17.5 Å². The van der Waals surface area contributed by atoms with Crippen molar-refractivity contribution in [1.29, 1.82) is 0 Å². The number of para-hydroxylation sites is 1. The summed E-state index contributed by atoms with van der Waals surface area (Å²) in [6.45, 7) is 0. The number of hydrogen-bond acceptors (Lipinski definition) is 5. The largest absolute Gasteiger partial charge is 0.456 e. The summed E-state index contributed by atoms with van der Waals surface area (Å²) in [7, 11) is 0. The van der Waals surface area contributed by atoms with Gasteiger partial charge in [0.25, 0.3) is 0 Å². The van der Waals surface area contributed by atoms with Gasteiger partial charge in [-0.2, -0.15) is 0 Å². The van der Waals surface area contributed by atoms with Gasteiger partial charge in [0.05, 0.1) is 0 Å². The number of aromatic nitrogens is 3. The lowest BCUT2D eigenvalue weighted by Gasteiger charge is -2.09. The SMILES string of the molecule is c1ccc(-c2nc(-c3ccccc3)nc(-c3cccc4oc5ccc(-c6ccc(-c7ccc8oc9ccccc9c8c7)cc6)cc5c34)n2)cc1.